The maximum atomic E-state index is 13.1. The molecule has 0 unspecified atom stereocenters. The van der Waals surface area contributed by atoms with Crippen LogP contribution in [0.4, 0.5) is 4.39 Å². The molecule has 0 bridgehead atoms. The fraction of sp³-hybridized carbons (Fsp3) is 0.353. The third kappa shape index (κ3) is 4.56. The van der Waals surface area contributed by atoms with Gasteiger partial charge in [-0.05, 0) is 30.5 Å². The number of benzene rings is 1. The van der Waals surface area contributed by atoms with Gasteiger partial charge in [-0.25, -0.2) is 4.39 Å². The summed E-state index contributed by atoms with van der Waals surface area (Å²) in [7, 11) is 0. The summed E-state index contributed by atoms with van der Waals surface area (Å²) in [5.41, 5.74) is 0.637. The molecule has 1 heterocycles. The normalized spacial score (nSPS) is 15.7. The summed E-state index contributed by atoms with van der Waals surface area (Å²) in [5, 5.41) is 20.9. The van der Waals surface area contributed by atoms with Crippen LogP contribution < -0.4 is 5.32 Å². The average molecular weight is 331 g/mol. The molecule has 0 spiro atoms. The first kappa shape index (κ1) is 17.5. The van der Waals surface area contributed by atoms with Gasteiger partial charge in [0.1, 0.15) is 17.5 Å². The van der Waals surface area contributed by atoms with Crippen LogP contribution in [0.1, 0.15) is 18.4 Å². The SMILES string of the molecule is N#C/C(=C/NCc1cccc(F)c1)C(=O)N1CCC(C(=O)O)CC1. The van der Waals surface area contributed by atoms with Gasteiger partial charge in [0.05, 0.1) is 5.92 Å². The van der Waals surface area contributed by atoms with E-state index in [1.165, 1.54) is 23.2 Å². The molecule has 0 saturated carbocycles. The van der Waals surface area contributed by atoms with E-state index in [9.17, 15) is 14.0 Å². The lowest BCUT2D eigenvalue weighted by atomic mass is 9.97. The number of aliphatic carboxylic acids is 1. The zero-order chi connectivity index (χ0) is 17.5. The number of carboxylic acids is 1. The number of carboxylic acid groups (broad SMARTS) is 1. The molecule has 126 valence electrons. The highest BCUT2D eigenvalue weighted by Gasteiger charge is 2.28. The minimum atomic E-state index is -0.852. The molecule has 1 aliphatic rings. The van der Waals surface area contributed by atoms with Gasteiger partial charge in [-0.1, -0.05) is 12.1 Å². The lowest BCUT2D eigenvalue weighted by molar-refractivity contribution is -0.145. The molecular formula is C17H18FN3O3. The van der Waals surface area contributed by atoms with Crippen LogP contribution in [0.15, 0.2) is 36.0 Å². The van der Waals surface area contributed by atoms with Gasteiger partial charge in [0.15, 0.2) is 0 Å². The number of hydrogen-bond donors (Lipinski definition) is 2. The molecule has 0 atom stereocenters. The minimum absolute atomic E-state index is 0.0554. The Hall–Kier alpha value is -2.88. The Morgan fingerprint density at radius 2 is 2.12 bits per heavy atom. The number of hydrogen-bond acceptors (Lipinski definition) is 4. The average Bonchev–Trinajstić information content (AvgIpc) is 2.58. The zero-order valence-electron chi connectivity index (χ0n) is 13.0. The Labute approximate surface area is 139 Å². The number of nitrogens with one attached hydrogen (secondary N) is 1. The van der Waals surface area contributed by atoms with Gasteiger partial charge in [0, 0.05) is 25.8 Å². The van der Waals surface area contributed by atoms with Gasteiger partial charge in [-0.15, -0.1) is 0 Å². The molecule has 1 fully saturated rings. The molecule has 1 saturated heterocycles. The molecule has 0 aliphatic carbocycles. The topological polar surface area (TPSA) is 93.4 Å². The Bertz CT molecular complexity index is 689. The highest BCUT2D eigenvalue weighted by molar-refractivity contribution is 5.97. The Morgan fingerprint density at radius 1 is 1.42 bits per heavy atom. The molecule has 7 heteroatoms. The molecule has 0 aromatic heterocycles. The Kier molecular flexibility index (Phi) is 5.90. The van der Waals surface area contributed by atoms with Gasteiger partial charge in [0.2, 0.25) is 0 Å². The first-order valence-electron chi connectivity index (χ1n) is 7.61. The maximum absolute atomic E-state index is 13.1. The van der Waals surface area contributed by atoms with Crippen molar-refractivity contribution < 1.29 is 19.1 Å². The Balaban J connectivity index is 1.92. The molecule has 6 nitrogen and oxygen atoms in total. The predicted octanol–water partition coefficient (Wildman–Crippen LogP) is 1.65. The Morgan fingerprint density at radius 3 is 2.71 bits per heavy atom. The van der Waals surface area contributed by atoms with Crippen LogP contribution in [-0.4, -0.2) is 35.0 Å². The summed E-state index contributed by atoms with van der Waals surface area (Å²) in [6.07, 6.45) is 2.09. The highest BCUT2D eigenvalue weighted by Crippen LogP contribution is 2.18. The van der Waals surface area contributed by atoms with Gasteiger partial charge in [0.25, 0.3) is 5.91 Å². The van der Waals surface area contributed by atoms with Crippen molar-refractivity contribution in [2.45, 2.75) is 19.4 Å². The van der Waals surface area contributed by atoms with Crippen molar-refractivity contribution in [3.63, 3.8) is 0 Å². The van der Waals surface area contributed by atoms with Crippen LogP contribution in [0.3, 0.4) is 0 Å². The number of halogens is 1. The van der Waals surface area contributed by atoms with Gasteiger partial charge >= 0.3 is 5.97 Å². The largest absolute Gasteiger partial charge is 0.481 e. The molecule has 24 heavy (non-hydrogen) atoms. The number of likely N-dealkylation sites (tertiary alicyclic amines) is 1. The number of nitriles is 1. The van der Waals surface area contributed by atoms with E-state index in [0.717, 1.165) is 0 Å². The van der Waals surface area contributed by atoms with Crippen LogP contribution in [0.25, 0.3) is 0 Å². The summed E-state index contributed by atoms with van der Waals surface area (Å²) in [6.45, 7) is 0.925. The van der Waals surface area contributed by atoms with Crippen molar-refractivity contribution in [3.05, 3.63) is 47.4 Å². The van der Waals surface area contributed by atoms with Crippen molar-refractivity contribution >= 4 is 11.9 Å². The molecule has 1 amide bonds. The third-order valence-electron chi connectivity index (χ3n) is 3.92. The van der Waals surface area contributed by atoms with E-state index < -0.39 is 17.8 Å². The number of nitrogens with zero attached hydrogens (tertiary/aromatic N) is 2. The summed E-state index contributed by atoms with van der Waals surface area (Å²) in [6, 6.07) is 7.86. The zero-order valence-corrected chi connectivity index (χ0v) is 13.0. The van der Waals surface area contributed by atoms with E-state index >= 15 is 0 Å². The van der Waals surface area contributed by atoms with E-state index in [4.69, 9.17) is 10.4 Å². The van der Waals surface area contributed by atoms with Crippen LogP contribution in [-0.2, 0) is 16.1 Å². The quantitative estimate of drug-likeness (QED) is 0.632. The van der Waals surface area contributed by atoms with Crippen LogP contribution in [0, 0.1) is 23.1 Å². The molecule has 0 radical (unpaired) electrons. The van der Waals surface area contributed by atoms with Crippen molar-refractivity contribution in [2.24, 2.45) is 5.92 Å². The summed E-state index contributed by atoms with van der Waals surface area (Å²) in [4.78, 5) is 24.7. The number of carbonyl (C=O) groups excluding carboxylic acids is 1. The summed E-state index contributed by atoms with van der Waals surface area (Å²) in [5.74, 6) is -2.06. The van der Waals surface area contributed by atoms with Gasteiger partial charge in [-0.3, -0.25) is 9.59 Å². The second kappa shape index (κ2) is 8.11. The minimum Gasteiger partial charge on any atom is -0.481 e. The smallest absolute Gasteiger partial charge is 0.306 e. The van der Waals surface area contributed by atoms with E-state index in [0.29, 0.717) is 31.5 Å². The lowest BCUT2D eigenvalue weighted by Gasteiger charge is -2.29. The van der Waals surface area contributed by atoms with Crippen LogP contribution >= 0.6 is 0 Å². The molecule has 1 aliphatic heterocycles. The standard InChI is InChI=1S/C17H18FN3O3/c18-15-3-1-2-12(8-15)10-20-11-14(9-19)16(22)21-6-4-13(5-7-21)17(23)24/h1-3,8,11,13,20H,4-7,10H2,(H,23,24)/b14-11-. The monoisotopic (exact) mass is 331 g/mol. The van der Waals surface area contributed by atoms with Crippen LogP contribution in [0.2, 0.25) is 0 Å². The summed E-state index contributed by atoms with van der Waals surface area (Å²) >= 11 is 0. The van der Waals surface area contributed by atoms with Crippen molar-refractivity contribution in [1.82, 2.24) is 10.2 Å². The number of amides is 1. The highest BCUT2D eigenvalue weighted by atomic mass is 19.1. The molecule has 2 N–H and O–H groups in total. The third-order valence-corrected chi connectivity index (χ3v) is 3.92. The number of carbonyl (C=O) groups is 2. The van der Waals surface area contributed by atoms with Crippen molar-refractivity contribution in [2.75, 3.05) is 13.1 Å². The first-order chi connectivity index (χ1) is 11.5. The first-order valence-corrected chi connectivity index (χ1v) is 7.61. The maximum Gasteiger partial charge on any atom is 0.306 e. The molecule has 1 aromatic carbocycles. The fourth-order valence-corrected chi connectivity index (χ4v) is 2.56. The lowest BCUT2D eigenvalue weighted by Crippen LogP contribution is -2.41. The van der Waals surface area contributed by atoms with Crippen molar-refractivity contribution in [1.29, 1.82) is 5.26 Å². The van der Waals surface area contributed by atoms with Gasteiger partial charge < -0.3 is 15.3 Å². The van der Waals surface area contributed by atoms with E-state index in [-0.39, 0.29) is 17.9 Å². The van der Waals surface area contributed by atoms with Crippen LogP contribution in [0.5, 0.6) is 0 Å². The molecule has 1 aromatic rings. The van der Waals surface area contributed by atoms with E-state index in [1.54, 1.807) is 12.1 Å². The van der Waals surface area contributed by atoms with Crippen molar-refractivity contribution in [3.8, 4) is 6.07 Å². The second-order valence-corrected chi connectivity index (χ2v) is 5.59. The van der Waals surface area contributed by atoms with E-state index in [1.807, 2.05) is 6.07 Å². The summed E-state index contributed by atoms with van der Waals surface area (Å²) < 4.78 is 13.1. The second-order valence-electron chi connectivity index (χ2n) is 5.59. The fourth-order valence-electron chi connectivity index (χ4n) is 2.56. The molecule has 2 rings (SSSR count). The number of rotatable bonds is 5. The van der Waals surface area contributed by atoms with E-state index in [2.05, 4.69) is 5.32 Å². The molecular weight excluding hydrogens is 313 g/mol. The van der Waals surface area contributed by atoms with Gasteiger partial charge in [-0.2, -0.15) is 5.26 Å². The number of piperidine rings is 1. The predicted molar refractivity (Wildman–Crippen MR) is 83.9 cm³/mol.